The van der Waals surface area contributed by atoms with Crippen molar-refractivity contribution in [2.75, 3.05) is 11.9 Å². The van der Waals surface area contributed by atoms with Crippen LogP contribution in [0.1, 0.15) is 17.3 Å². The van der Waals surface area contributed by atoms with Gasteiger partial charge in [-0.15, -0.1) is 0 Å². The first-order valence-electron chi connectivity index (χ1n) is 8.02. The summed E-state index contributed by atoms with van der Waals surface area (Å²) in [5.41, 5.74) is 0.153. The molecule has 0 aliphatic carbocycles. The largest absolute Gasteiger partial charge is 0.494 e. The van der Waals surface area contributed by atoms with Crippen LogP contribution in [0.5, 0.6) is 5.75 Å². The third-order valence-corrected chi connectivity index (χ3v) is 3.98. The Morgan fingerprint density at radius 2 is 1.85 bits per heavy atom. The summed E-state index contributed by atoms with van der Waals surface area (Å²) in [5, 5.41) is 2.95. The number of aromatic nitrogens is 3. The highest BCUT2D eigenvalue weighted by Crippen LogP contribution is 2.15. The molecule has 0 spiro atoms. The molecule has 0 fully saturated rings. The van der Waals surface area contributed by atoms with Crippen molar-refractivity contribution in [1.82, 2.24) is 14.1 Å². The molecule has 0 aliphatic heterocycles. The maximum atomic E-state index is 12.4. The predicted octanol–water partition coefficient (Wildman–Crippen LogP) is 1.28. The van der Waals surface area contributed by atoms with Crippen molar-refractivity contribution in [3.05, 3.63) is 62.9 Å². The van der Waals surface area contributed by atoms with Crippen LogP contribution >= 0.6 is 0 Å². The molecule has 26 heavy (non-hydrogen) atoms. The van der Waals surface area contributed by atoms with Gasteiger partial charge >= 0.3 is 5.69 Å². The first-order valence-corrected chi connectivity index (χ1v) is 8.02. The molecule has 134 valence electrons. The van der Waals surface area contributed by atoms with Crippen LogP contribution in [0.3, 0.4) is 0 Å². The van der Waals surface area contributed by atoms with Crippen LogP contribution in [0.4, 0.5) is 5.69 Å². The second kappa shape index (κ2) is 6.83. The smallest absolute Gasteiger partial charge is 0.332 e. The number of aryl methyl sites for hydroxylation is 1. The number of nitrogens with one attached hydrogen (secondary N) is 1. The number of amides is 1. The van der Waals surface area contributed by atoms with Crippen molar-refractivity contribution >= 4 is 22.6 Å². The molecule has 2 heterocycles. The number of benzene rings is 1. The predicted molar refractivity (Wildman–Crippen MR) is 97.8 cm³/mol. The molecule has 3 aromatic rings. The van der Waals surface area contributed by atoms with Crippen molar-refractivity contribution in [2.24, 2.45) is 14.1 Å². The number of carbonyl (C=O) groups excluding carboxylic acids is 1. The lowest BCUT2D eigenvalue weighted by atomic mass is 10.2. The fourth-order valence-corrected chi connectivity index (χ4v) is 2.61. The molecular weight excluding hydrogens is 336 g/mol. The Labute approximate surface area is 148 Å². The van der Waals surface area contributed by atoms with Crippen molar-refractivity contribution < 1.29 is 9.53 Å². The Morgan fingerprint density at radius 3 is 2.50 bits per heavy atom. The average molecular weight is 354 g/mol. The van der Waals surface area contributed by atoms with Gasteiger partial charge in [-0.3, -0.25) is 18.7 Å². The van der Waals surface area contributed by atoms with E-state index in [0.29, 0.717) is 23.6 Å². The van der Waals surface area contributed by atoms with E-state index < -0.39 is 11.2 Å². The normalized spacial score (nSPS) is 10.7. The summed E-state index contributed by atoms with van der Waals surface area (Å²) >= 11 is 0. The first-order chi connectivity index (χ1) is 12.4. The van der Waals surface area contributed by atoms with Crippen LogP contribution in [-0.2, 0) is 14.1 Å². The molecule has 1 N–H and O–H groups in total. The summed E-state index contributed by atoms with van der Waals surface area (Å²) in [4.78, 5) is 40.7. The van der Waals surface area contributed by atoms with E-state index in [9.17, 15) is 14.4 Å². The molecule has 0 aliphatic rings. The molecule has 0 bridgehead atoms. The van der Waals surface area contributed by atoms with E-state index in [1.807, 2.05) is 6.92 Å². The fourth-order valence-electron chi connectivity index (χ4n) is 2.61. The molecule has 0 atom stereocenters. The molecule has 8 nitrogen and oxygen atoms in total. The Kier molecular flexibility index (Phi) is 4.57. The minimum absolute atomic E-state index is 0.249. The lowest BCUT2D eigenvalue weighted by molar-refractivity contribution is 0.102. The third-order valence-electron chi connectivity index (χ3n) is 3.98. The van der Waals surface area contributed by atoms with Crippen molar-refractivity contribution in [3.8, 4) is 5.75 Å². The number of pyridine rings is 1. The maximum absolute atomic E-state index is 12.4. The van der Waals surface area contributed by atoms with E-state index in [4.69, 9.17) is 4.74 Å². The summed E-state index contributed by atoms with van der Waals surface area (Å²) in [6.07, 6.45) is 1.41. The Morgan fingerprint density at radius 1 is 1.15 bits per heavy atom. The van der Waals surface area contributed by atoms with Gasteiger partial charge in [-0.2, -0.15) is 0 Å². The van der Waals surface area contributed by atoms with Gasteiger partial charge in [0, 0.05) is 19.7 Å². The molecule has 0 radical (unpaired) electrons. The lowest BCUT2D eigenvalue weighted by Crippen LogP contribution is -2.37. The summed E-state index contributed by atoms with van der Waals surface area (Å²) in [6, 6.07) is 8.23. The van der Waals surface area contributed by atoms with Crippen molar-refractivity contribution in [3.63, 3.8) is 0 Å². The van der Waals surface area contributed by atoms with Crippen LogP contribution in [0, 0.1) is 0 Å². The van der Waals surface area contributed by atoms with Crippen LogP contribution in [0.2, 0.25) is 0 Å². The quantitative estimate of drug-likeness (QED) is 0.762. The first kappa shape index (κ1) is 17.4. The number of ether oxygens (including phenoxy) is 1. The second-order valence-electron chi connectivity index (χ2n) is 5.71. The molecule has 0 saturated carbocycles. The molecule has 1 aromatic carbocycles. The number of nitrogens with zero attached hydrogens (tertiary/aromatic N) is 3. The molecule has 1 amide bonds. The topological polar surface area (TPSA) is 95.2 Å². The number of fused-ring (bicyclic) bond motifs is 1. The SMILES string of the molecule is CCOc1ccc(C(=O)Nc2cnc3c(c2)c(=O)n(C)c(=O)n3C)cc1. The van der Waals surface area contributed by atoms with E-state index in [0.717, 1.165) is 4.57 Å². The molecule has 8 heteroatoms. The van der Waals surface area contributed by atoms with Gasteiger partial charge in [-0.25, -0.2) is 9.78 Å². The number of hydrogen-bond acceptors (Lipinski definition) is 5. The number of rotatable bonds is 4. The Bertz CT molecular complexity index is 1100. The van der Waals surface area contributed by atoms with Gasteiger partial charge in [-0.05, 0) is 37.3 Å². The average Bonchev–Trinajstić information content (AvgIpc) is 2.65. The van der Waals surface area contributed by atoms with E-state index in [1.165, 1.54) is 30.9 Å². The van der Waals surface area contributed by atoms with Crippen LogP contribution in [0.15, 0.2) is 46.1 Å². The third kappa shape index (κ3) is 3.08. The van der Waals surface area contributed by atoms with Gasteiger partial charge in [-0.1, -0.05) is 0 Å². The van der Waals surface area contributed by atoms with E-state index in [1.54, 1.807) is 24.3 Å². The van der Waals surface area contributed by atoms with Gasteiger partial charge in [0.05, 0.1) is 23.9 Å². The second-order valence-corrected chi connectivity index (χ2v) is 5.71. The minimum Gasteiger partial charge on any atom is -0.494 e. The summed E-state index contributed by atoms with van der Waals surface area (Å²) in [7, 11) is 2.94. The summed E-state index contributed by atoms with van der Waals surface area (Å²) in [6.45, 7) is 2.43. The zero-order chi connectivity index (χ0) is 18.8. The molecule has 3 rings (SSSR count). The van der Waals surface area contributed by atoms with Gasteiger partial charge in [0.15, 0.2) is 0 Å². The van der Waals surface area contributed by atoms with Gasteiger partial charge in [0.2, 0.25) is 0 Å². The highest BCUT2D eigenvalue weighted by Gasteiger charge is 2.12. The zero-order valence-electron chi connectivity index (χ0n) is 14.6. The summed E-state index contributed by atoms with van der Waals surface area (Å²) < 4.78 is 7.63. The number of carbonyl (C=O) groups is 1. The number of hydrogen-bond donors (Lipinski definition) is 1. The monoisotopic (exact) mass is 354 g/mol. The minimum atomic E-state index is -0.465. The van der Waals surface area contributed by atoms with Gasteiger partial charge in [0.25, 0.3) is 11.5 Å². The maximum Gasteiger partial charge on any atom is 0.332 e. The van der Waals surface area contributed by atoms with Crippen molar-refractivity contribution in [2.45, 2.75) is 6.92 Å². The summed E-state index contributed by atoms with van der Waals surface area (Å²) in [5.74, 6) is 0.344. The highest BCUT2D eigenvalue weighted by molar-refractivity contribution is 6.04. The fraction of sp³-hybridized carbons (Fsp3) is 0.222. The zero-order valence-corrected chi connectivity index (χ0v) is 14.6. The van der Waals surface area contributed by atoms with Crippen LogP contribution in [0.25, 0.3) is 11.0 Å². The standard InChI is InChI=1S/C18H18N4O4/c1-4-26-13-7-5-11(6-8-13)16(23)20-12-9-14-15(19-10-12)21(2)18(25)22(3)17(14)24/h5-10H,4H2,1-3H3,(H,20,23). The Hall–Kier alpha value is -3.42. The van der Waals surface area contributed by atoms with Crippen LogP contribution < -0.4 is 21.3 Å². The van der Waals surface area contributed by atoms with Crippen LogP contribution in [-0.4, -0.2) is 26.6 Å². The van der Waals surface area contributed by atoms with E-state index >= 15 is 0 Å². The Balaban J connectivity index is 1.92. The van der Waals surface area contributed by atoms with E-state index in [2.05, 4.69) is 10.3 Å². The lowest BCUT2D eigenvalue weighted by Gasteiger charge is -2.09. The van der Waals surface area contributed by atoms with Crippen molar-refractivity contribution in [1.29, 1.82) is 0 Å². The molecule has 0 saturated heterocycles. The molecular formula is C18H18N4O4. The van der Waals surface area contributed by atoms with Gasteiger partial charge < -0.3 is 10.1 Å². The highest BCUT2D eigenvalue weighted by atomic mass is 16.5. The van der Waals surface area contributed by atoms with E-state index in [-0.39, 0.29) is 16.9 Å². The molecule has 2 aromatic heterocycles. The van der Waals surface area contributed by atoms with Gasteiger partial charge in [0.1, 0.15) is 11.4 Å². The molecule has 0 unspecified atom stereocenters. The number of anilines is 1.